The number of nitrogen functional groups attached to an aromatic ring is 1. The van der Waals surface area contributed by atoms with E-state index in [1.54, 1.807) is 11.7 Å². The van der Waals surface area contributed by atoms with E-state index in [-0.39, 0.29) is 0 Å². The number of aromatic nitrogens is 2. The number of benzene rings is 1. The fourth-order valence-electron chi connectivity index (χ4n) is 1.98. The summed E-state index contributed by atoms with van der Waals surface area (Å²) in [6.07, 6.45) is 1.77. The van der Waals surface area contributed by atoms with Crippen LogP contribution in [0.2, 0.25) is 0 Å². The third-order valence-electron chi connectivity index (χ3n) is 3.18. The van der Waals surface area contributed by atoms with Crippen LogP contribution >= 0.6 is 11.3 Å². The van der Waals surface area contributed by atoms with Crippen molar-refractivity contribution in [3.05, 3.63) is 41.0 Å². The van der Waals surface area contributed by atoms with Crippen molar-refractivity contribution in [2.24, 2.45) is 0 Å². The topological polar surface area (TPSA) is 64.9 Å². The van der Waals surface area contributed by atoms with Gasteiger partial charge in [-0.25, -0.2) is 0 Å². The average Bonchev–Trinajstić information content (AvgIpc) is 3.01. The molecule has 5 heteroatoms. The highest BCUT2D eigenvalue weighted by molar-refractivity contribution is 7.13. The molecule has 4 nitrogen and oxygen atoms in total. The molecule has 0 unspecified atom stereocenters. The first kappa shape index (κ1) is 11.9. The summed E-state index contributed by atoms with van der Waals surface area (Å²) >= 11 is 1.52. The van der Waals surface area contributed by atoms with Crippen LogP contribution in [-0.4, -0.2) is 10.1 Å². The van der Waals surface area contributed by atoms with Crippen molar-refractivity contribution in [1.82, 2.24) is 10.1 Å². The predicted octanol–water partition coefficient (Wildman–Crippen LogP) is 3.66. The van der Waals surface area contributed by atoms with Gasteiger partial charge in [0.25, 0.3) is 0 Å². The van der Waals surface area contributed by atoms with Gasteiger partial charge in [0.05, 0.1) is 16.0 Å². The summed E-state index contributed by atoms with van der Waals surface area (Å²) in [5.41, 5.74) is 12.8. The van der Waals surface area contributed by atoms with Crippen molar-refractivity contribution in [1.29, 1.82) is 0 Å². The first-order valence-corrected chi connectivity index (χ1v) is 6.76. The van der Waals surface area contributed by atoms with E-state index in [0.717, 1.165) is 21.7 Å². The molecule has 1 aromatic carbocycles. The fraction of sp³-hybridized carbons (Fsp3) is 0.143. The number of aryl methyl sites for hydroxylation is 2. The average molecular weight is 271 g/mol. The van der Waals surface area contributed by atoms with Crippen LogP contribution < -0.4 is 5.73 Å². The van der Waals surface area contributed by atoms with Crippen molar-refractivity contribution in [2.45, 2.75) is 13.8 Å². The van der Waals surface area contributed by atoms with E-state index in [1.807, 2.05) is 6.07 Å². The number of rotatable bonds is 2. The summed E-state index contributed by atoms with van der Waals surface area (Å²) in [5.74, 6) is 0.339. The van der Waals surface area contributed by atoms with Crippen LogP contribution in [0, 0.1) is 13.8 Å². The second kappa shape index (κ2) is 4.51. The number of hydrogen-bond acceptors (Lipinski definition) is 5. The van der Waals surface area contributed by atoms with Gasteiger partial charge in [-0.05, 0) is 30.5 Å². The van der Waals surface area contributed by atoms with Crippen LogP contribution in [0.25, 0.3) is 21.7 Å². The molecule has 0 saturated heterocycles. The standard InChI is InChI=1S/C14H13N3OS/c1-8-3-4-10(5-9(8)2)12-13(17-18-14(12)15)11-6-16-7-19-11/h3-7H,15H2,1-2H3. The zero-order valence-electron chi connectivity index (χ0n) is 10.7. The lowest BCUT2D eigenvalue weighted by molar-refractivity contribution is 0.439. The monoisotopic (exact) mass is 271 g/mol. The molecule has 0 aliphatic rings. The molecule has 0 aliphatic heterocycles. The number of hydrogen-bond donors (Lipinski definition) is 1. The van der Waals surface area contributed by atoms with E-state index >= 15 is 0 Å². The molecule has 0 amide bonds. The lowest BCUT2D eigenvalue weighted by atomic mass is 10.00. The van der Waals surface area contributed by atoms with Gasteiger partial charge in [0.1, 0.15) is 5.69 Å². The van der Waals surface area contributed by atoms with E-state index < -0.39 is 0 Å². The fourth-order valence-corrected chi connectivity index (χ4v) is 2.59. The third-order valence-corrected chi connectivity index (χ3v) is 3.96. The largest absolute Gasteiger partial charge is 0.367 e. The van der Waals surface area contributed by atoms with E-state index in [0.29, 0.717) is 5.88 Å². The van der Waals surface area contributed by atoms with Crippen molar-refractivity contribution in [3.8, 4) is 21.7 Å². The molecular weight excluding hydrogens is 258 g/mol. The van der Waals surface area contributed by atoms with Crippen molar-refractivity contribution < 1.29 is 4.52 Å². The molecule has 0 bridgehead atoms. The zero-order valence-corrected chi connectivity index (χ0v) is 11.5. The van der Waals surface area contributed by atoms with Crippen molar-refractivity contribution >= 4 is 17.2 Å². The lowest BCUT2D eigenvalue weighted by Gasteiger charge is -2.05. The molecular formula is C14H13N3OS. The van der Waals surface area contributed by atoms with Crippen molar-refractivity contribution in [2.75, 3.05) is 5.73 Å². The second-order valence-electron chi connectivity index (χ2n) is 4.44. The summed E-state index contributed by atoms with van der Waals surface area (Å²) in [6, 6.07) is 6.21. The van der Waals surface area contributed by atoms with E-state index in [9.17, 15) is 0 Å². The van der Waals surface area contributed by atoms with Gasteiger partial charge in [-0.1, -0.05) is 23.4 Å². The van der Waals surface area contributed by atoms with Crippen LogP contribution in [-0.2, 0) is 0 Å². The van der Waals surface area contributed by atoms with Crippen LogP contribution in [0.4, 0.5) is 5.88 Å². The second-order valence-corrected chi connectivity index (χ2v) is 5.32. The Morgan fingerprint density at radius 2 is 2.05 bits per heavy atom. The number of thiazole rings is 1. The Hall–Kier alpha value is -2.14. The maximum Gasteiger partial charge on any atom is 0.230 e. The Morgan fingerprint density at radius 1 is 1.21 bits per heavy atom. The van der Waals surface area contributed by atoms with Gasteiger partial charge in [-0.15, -0.1) is 11.3 Å². The van der Waals surface area contributed by atoms with Gasteiger partial charge in [0.15, 0.2) is 0 Å². The molecule has 0 fully saturated rings. The van der Waals surface area contributed by atoms with Gasteiger partial charge in [-0.2, -0.15) is 0 Å². The van der Waals surface area contributed by atoms with E-state index in [4.69, 9.17) is 10.3 Å². The molecule has 2 heterocycles. The van der Waals surface area contributed by atoms with Gasteiger partial charge in [0, 0.05) is 6.20 Å². The highest BCUT2D eigenvalue weighted by Crippen LogP contribution is 2.37. The minimum Gasteiger partial charge on any atom is -0.367 e. The molecule has 2 aromatic heterocycles. The summed E-state index contributed by atoms with van der Waals surface area (Å²) in [5, 5.41) is 4.06. The SMILES string of the molecule is Cc1ccc(-c2c(-c3cncs3)noc2N)cc1C. The summed E-state index contributed by atoms with van der Waals surface area (Å²) in [7, 11) is 0. The lowest BCUT2D eigenvalue weighted by Crippen LogP contribution is -1.89. The first-order chi connectivity index (χ1) is 9.16. The molecule has 19 heavy (non-hydrogen) atoms. The number of nitrogens with zero attached hydrogens (tertiary/aromatic N) is 2. The summed E-state index contributed by atoms with van der Waals surface area (Å²) in [4.78, 5) is 5.02. The van der Waals surface area contributed by atoms with E-state index in [2.05, 4.69) is 36.1 Å². The maximum absolute atomic E-state index is 5.92. The van der Waals surface area contributed by atoms with Crippen LogP contribution in [0.15, 0.2) is 34.4 Å². The summed E-state index contributed by atoms with van der Waals surface area (Å²) < 4.78 is 5.15. The quantitative estimate of drug-likeness (QED) is 0.772. The molecule has 0 spiro atoms. The molecule has 0 radical (unpaired) electrons. The Labute approximate surface area is 114 Å². The van der Waals surface area contributed by atoms with Crippen LogP contribution in [0.1, 0.15) is 11.1 Å². The van der Waals surface area contributed by atoms with Gasteiger partial charge >= 0.3 is 0 Å². The molecule has 0 aliphatic carbocycles. The maximum atomic E-state index is 5.92. The van der Waals surface area contributed by atoms with Gasteiger partial charge in [-0.3, -0.25) is 4.98 Å². The summed E-state index contributed by atoms with van der Waals surface area (Å²) in [6.45, 7) is 4.16. The number of nitrogens with two attached hydrogens (primary N) is 1. The molecule has 3 rings (SSSR count). The first-order valence-electron chi connectivity index (χ1n) is 5.88. The Bertz CT molecular complexity index is 716. The Balaban J connectivity index is 2.19. The molecule has 0 atom stereocenters. The molecule has 96 valence electrons. The molecule has 3 aromatic rings. The minimum absolute atomic E-state index is 0.339. The zero-order chi connectivity index (χ0) is 13.4. The molecule has 0 saturated carbocycles. The Kier molecular flexibility index (Phi) is 2.83. The van der Waals surface area contributed by atoms with Crippen molar-refractivity contribution in [3.63, 3.8) is 0 Å². The highest BCUT2D eigenvalue weighted by atomic mass is 32.1. The highest BCUT2D eigenvalue weighted by Gasteiger charge is 2.18. The minimum atomic E-state index is 0.339. The van der Waals surface area contributed by atoms with Gasteiger partial charge in [0.2, 0.25) is 5.88 Å². The van der Waals surface area contributed by atoms with Crippen LogP contribution in [0.3, 0.4) is 0 Å². The normalized spacial score (nSPS) is 10.8. The van der Waals surface area contributed by atoms with Crippen LogP contribution in [0.5, 0.6) is 0 Å². The smallest absolute Gasteiger partial charge is 0.230 e. The van der Waals surface area contributed by atoms with Gasteiger partial charge < -0.3 is 10.3 Å². The Morgan fingerprint density at radius 3 is 2.74 bits per heavy atom. The molecule has 2 N–H and O–H groups in total. The number of anilines is 1. The van der Waals surface area contributed by atoms with E-state index in [1.165, 1.54) is 22.5 Å². The predicted molar refractivity (Wildman–Crippen MR) is 76.9 cm³/mol. The third kappa shape index (κ3) is 2.02.